The van der Waals surface area contributed by atoms with Crippen molar-refractivity contribution < 1.29 is 4.79 Å². The zero-order chi connectivity index (χ0) is 21.2. The molecule has 1 saturated heterocycles. The molecule has 0 spiro atoms. The van der Waals surface area contributed by atoms with Gasteiger partial charge >= 0.3 is 0 Å². The van der Waals surface area contributed by atoms with E-state index in [1.807, 2.05) is 35.2 Å². The van der Waals surface area contributed by atoms with Gasteiger partial charge in [-0.25, -0.2) is 4.98 Å². The lowest BCUT2D eigenvalue weighted by atomic mass is 9.90. The summed E-state index contributed by atoms with van der Waals surface area (Å²) in [5.41, 5.74) is 6.33. The predicted octanol–water partition coefficient (Wildman–Crippen LogP) is 5.63. The Morgan fingerprint density at radius 2 is 1.74 bits per heavy atom. The summed E-state index contributed by atoms with van der Waals surface area (Å²) in [6, 6.07) is 24.7. The molecule has 4 aromatic rings. The average molecular weight is 410 g/mol. The van der Waals surface area contributed by atoms with Crippen molar-refractivity contribution in [3.63, 3.8) is 0 Å². The van der Waals surface area contributed by atoms with E-state index < -0.39 is 0 Å². The van der Waals surface area contributed by atoms with Crippen LogP contribution in [0.2, 0.25) is 0 Å². The molecule has 1 N–H and O–H groups in total. The molecule has 1 aromatic heterocycles. The van der Waals surface area contributed by atoms with Crippen molar-refractivity contribution in [3.05, 3.63) is 89.5 Å². The molecule has 4 heteroatoms. The second-order valence-corrected chi connectivity index (χ2v) is 8.61. The van der Waals surface area contributed by atoms with E-state index in [0.29, 0.717) is 5.92 Å². The third kappa shape index (κ3) is 4.24. The number of imidazole rings is 1. The largest absolute Gasteiger partial charge is 0.339 e. The molecular formula is C27H27N3O. The minimum atomic E-state index is 0.130. The van der Waals surface area contributed by atoms with E-state index in [4.69, 9.17) is 0 Å². The van der Waals surface area contributed by atoms with Gasteiger partial charge in [-0.1, -0.05) is 48.5 Å². The lowest BCUT2D eigenvalue weighted by Crippen LogP contribution is -2.38. The van der Waals surface area contributed by atoms with Crippen molar-refractivity contribution in [2.75, 3.05) is 13.1 Å². The van der Waals surface area contributed by atoms with Crippen LogP contribution in [0.4, 0.5) is 0 Å². The number of likely N-dealkylation sites (tertiary alicyclic amines) is 1. The number of carbonyl (C=O) groups excluding carboxylic acids is 1. The molecule has 1 amide bonds. The Morgan fingerprint density at radius 3 is 2.48 bits per heavy atom. The molecule has 0 aliphatic carbocycles. The van der Waals surface area contributed by atoms with E-state index in [1.54, 1.807) is 0 Å². The number of piperidine rings is 1. The lowest BCUT2D eigenvalue weighted by Gasteiger charge is -2.32. The highest BCUT2D eigenvalue weighted by molar-refractivity contribution is 5.94. The van der Waals surface area contributed by atoms with Gasteiger partial charge in [-0.15, -0.1) is 0 Å². The molecule has 0 atom stereocenters. The summed E-state index contributed by atoms with van der Waals surface area (Å²) >= 11 is 0. The number of hydrogen-bond acceptors (Lipinski definition) is 2. The van der Waals surface area contributed by atoms with Crippen molar-refractivity contribution in [2.24, 2.45) is 5.92 Å². The molecule has 2 heterocycles. The molecule has 5 rings (SSSR count). The Morgan fingerprint density at radius 1 is 1.00 bits per heavy atom. The van der Waals surface area contributed by atoms with Crippen LogP contribution in [0.25, 0.3) is 22.4 Å². The second-order valence-electron chi connectivity index (χ2n) is 8.61. The highest BCUT2D eigenvalue weighted by Crippen LogP contribution is 2.25. The van der Waals surface area contributed by atoms with Crippen LogP contribution in [0, 0.1) is 12.8 Å². The molecule has 1 aliphatic heterocycles. The fourth-order valence-corrected chi connectivity index (χ4v) is 4.50. The monoisotopic (exact) mass is 409 g/mol. The zero-order valence-corrected chi connectivity index (χ0v) is 17.8. The molecule has 156 valence electrons. The number of aryl methyl sites for hydroxylation is 1. The van der Waals surface area contributed by atoms with Crippen LogP contribution in [0.1, 0.15) is 34.3 Å². The number of rotatable bonds is 4. The summed E-state index contributed by atoms with van der Waals surface area (Å²) in [6.45, 7) is 3.74. The molecule has 0 bridgehead atoms. The van der Waals surface area contributed by atoms with Crippen LogP contribution >= 0.6 is 0 Å². The average Bonchev–Trinajstić information content (AvgIpc) is 3.23. The van der Waals surface area contributed by atoms with Crippen molar-refractivity contribution >= 4 is 16.9 Å². The maximum absolute atomic E-state index is 13.0. The Balaban J connectivity index is 1.23. The maximum atomic E-state index is 13.0. The van der Waals surface area contributed by atoms with Crippen LogP contribution in [0.15, 0.2) is 72.8 Å². The van der Waals surface area contributed by atoms with Crippen LogP contribution < -0.4 is 0 Å². The molecule has 31 heavy (non-hydrogen) atoms. The Bertz CT molecular complexity index is 1190. The van der Waals surface area contributed by atoms with E-state index in [2.05, 4.69) is 59.4 Å². The van der Waals surface area contributed by atoms with Crippen molar-refractivity contribution in [1.82, 2.24) is 14.9 Å². The molecule has 0 radical (unpaired) electrons. The lowest BCUT2D eigenvalue weighted by molar-refractivity contribution is 0.0690. The van der Waals surface area contributed by atoms with Gasteiger partial charge in [0.1, 0.15) is 5.82 Å². The third-order valence-electron chi connectivity index (χ3n) is 6.31. The number of fused-ring (bicyclic) bond motifs is 1. The fraction of sp³-hybridized carbons (Fsp3) is 0.259. The number of H-pyrrole nitrogens is 1. The molecular weight excluding hydrogens is 382 g/mol. The summed E-state index contributed by atoms with van der Waals surface area (Å²) in [5, 5.41) is 0. The minimum Gasteiger partial charge on any atom is -0.339 e. The first-order valence-corrected chi connectivity index (χ1v) is 11.1. The Kier molecular flexibility index (Phi) is 5.29. The van der Waals surface area contributed by atoms with Gasteiger partial charge in [0.05, 0.1) is 11.0 Å². The number of aromatic amines is 1. The van der Waals surface area contributed by atoms with Gasteiger partial charge < -0.3 is 9.88 Å². The van der Waals surface area contributed by atoms with Gasteiger partial charge in [0.25, 0.3) is 5.91 Å². The van der Waals surface area contributed by atoms with Gasteiger partial charge in [-0.2, -0.15) is 0 Å². The fourth-order valence-electron chi connectivity index (χ4n) is 4.50. The van der Waals surface area contributed by atoms with E-state index in [1.165, 1.54) is 11.1 Å². The standard InChI is InChI=1S/C27H27N3O/c1-19-7-12-24-25(17-19)29-26(28-24)22-8-10-23(11-9-22)27(31)30-15-13-21(14-16-30)18-20-5-3-2-4-6-20/h2-12,17,21H,13-16,18H2,1H3,(H,28,29). The second kappa shape index (κ2) is 8.38. The van der Waals surface area contributed by atoms with Crippen LogP contribution in [0.3, 0.4) is 0 Å². The van der Waals surface area contributed by atoms with Gasteiger partial charge in [0.15, 0.2) is 0 Å². The topological polar surface area (TPSA) is 49.0 Å². The Hall–Kier alpha value is -3.40. The molecule has 0 unspecified atom stereocenters. The number of benzene rings is 3. The SMILES string of the molecule is Cc1ccc2nc(-c3ccc(C(=O)N4CCC(Cc5ccccc5)CC4)cc3)[nH]c2c1. The Labute approximate surface area is 182 Å². The molecule has 1 fully saturated rings. The van der Waals surface area contributed by atoms with E-state index in [9.17, 15) is 4.79 Å². The first kappa shape index (κ1) is 19.6. The first-order valence-electron chi connectivity index (χ1n) is 11.1. The summed E-state index contributed by atoms with van der Waals surface area (Å²) in [5.74, 6) is 1.62. The van der Waals surface area contributed by atoms with E-state index >= 15 is 0 Å². The van der Waals surface area contributed by atoms with Gasteiger partial charge in [-0.3, -0.25) is 4.79 Å². The van der Waals surface area contributed by atoms with E-state index in [-0.39, 0.29) is 5.91 Å². The van der Waals surface area contributed by atoms with Crippen molar-refractivity contribution in [3.8, 4) is 11.4 Å². The highest BCUT2D eigenvalue weighted by Gasteiger charge is 2.23. The number of carbonyl (C=O) groups is 1. The summed E-state index contributed by atoms with van der Waals surface area (Å²) in [7, 11) is 0. The minimum absolute atomic E-state index is 0.130. The van der Waals surface area contributed by atoms with Gasteiger partial charge in [0.2, 0.25) is 0 Å². The number of nitrogens with one attached hydrogen (secondary N) is 1. The zero-order valence-electron chi connectivity index (χ0n) is 17.8. The number of aromatic nitrogens is 2. The van der Waals surface area contributed by atoms with Gasteiger partial charge in [0, 0.05) is 24.2 Å². The number of amides is 1. The molecule has 0 saturated carbocycles. The summed E-state index contributed by atoms with van der Waals surface area (Å²) in [6.07, 6.45) is 3.24. The predicted molar refractivity (Wildman–Crippen MR) is 125 cm³/mol. The smallest absolute Gasteiger partial charge is 0.253 e. The van der Waals surface area contributed by atoms with Crippen LogP contribution in [-0.4, -0.2) is 33.9 Å². The maximum Gasteiger partial charge on any atom is 0.253 e. The highest BCUT2D eigenvalue weighted by atomic mass is 16.2. The number of nitrogens with zero attached hydrogens (tertiary/aromatic N) is 2. The summed E-state index contributed by atoms with van der Waals surface area (Å²) < 4.78 is 0. The summed E-state index contributed by atoms with van der Waals surface area (Å²) in [4.78, 5) is 23.1. The molecule has 4 nitrogen and oxygen atoms in total. The van der Waals surface area contributed by atoms with Crippen molar-refractivity contribution in [2.45, 2.75) is 26.2 Å². The molecule has 3 aromatic carbocycles. The van der Waals surface area contributed by atoms with Crippen LogP contribution in [0.5, 0.6) is 0 Å². The van der Waals surface area contributed by atoms with Gasteiger partial charge in [-0.05, 0) is 67.5 Å². The van der Waals surface area contributed by atoms with Crippen LogP contribution in [-0.2, 0) is 6.42 Å². The normalized spacial score (nSPS) is 14.8. The quantitative estimate of drug-likeness (QED) is 0.475. The first-order chi connectivity index (χ1) is 15.2. The number of hydrogen-bond donors (Lipinski definition) is 1. The van der Waals surface area contributed by atoms with E-state index in [0.717, 1.165) is 60.3 Å². The molecule has 1 aliphatic rings. The van der Waals surface area contributed by atoms with Crippen molar-refractivity contribution in [1.29, 1.82) is 0 Å². The third-order valence-corrected chi connectivity index (χ3v) is 6.31.